The van der Waals surface area contributed by atoms with Crippen molar-refractivity contribution in [2.45, 2.75) is 32.2 Å². The Bertz CT molecular complexity index is 414. The number of rotatable bonds is 5. The van der Waals surface area contributed by atoms with Gasteiger partial charge in [0.1, 0.15) is 0 Å². The van der Waals surface area contributed by atoms with Crippen LogP contribution in [0.15, 0.2) is 18.2 Å². The van der Waals surface area contributed by atoms with Gasteiger partial charge in [-0.1, -0.05) is 6.92 Å². The molecule has 1 aromatic rings. The first kappa shape index (κ1) is 11.8. The molecule has 0 heterocycles. The van der Waals surface area contributed by atoms with Crippen molar-refractivity contribution < 1.29 is 9.53 Å². The number of hydrogen-bond donors (Lipinski definition) is 2. The lowest BCUT2D eigenvalue weighted by Crippen LogP contribution is -2.08. The highest BCUT2D eigenvalue weighted by Gasteiger charge is 2.21. The molecule has 17 heavy (non-hydrogen) atoms. The summed E-state index contributed by atoms with van der Waals surface area (Å²) in [6.07, 6.45) is 3.21. The number of benzene rings is 1. The van der Waals surface area contributed by atoms with E-state index in [0.717, 1.165) is 12.1 Å². The van der Waals surface area contributed by atoms with Crippen LogP contribution in [0.1, 0.15) is 36.5 Å². The third-order valence-corrected chi connectivity index (χ3v) is 2.66. The van der Waals surface area contributed by atoms with E-state index >= 15 is 0 Å². The largest absolute Gasteiger partial charge is 0.462 e. The number of esters is 1. The van der Waals surface area contributed by atoms with Crippen LogP contribution in [0.4, 0.5) is 11.4 Å². The van der Waals surface area contributed by atoms with Crippen LogP contribution in [0.5, 0.6) is 0 Å². The quantitative estimate of drug-likeness (QED) is 0.606. The Morgan fingerprint density at radius 3 is 2.88 bits per heavy atom. The van der Waals surface area contributed by atoms with E-state index in [0.29, 0.717) is 23.9 Å². The molecule has 0 aliphatic heterocycles. The van der Waals surface area contributed by atoms with Gasteiger partial charge in [0.15, 0.2) is 0 Å². The number of ether oxygens (including phenoxy) is 1. The van der Waals surface area contributed by atoms with E-state index in [1.165, 1.54) is 12.8 Å². The van der Waals surface area contributed by atoms with Gasteiger partial charge < -0.3 is 15.8 Å². The average molecular weight is 234 g/mol. The van der Waals surface area contributed by atoms with Gasteiger partial charge in [0, 0.05) is 6.04 Å². The highest BCUT2D eigenvalue weighted by molar-refractivity contribution is 5.92. The molecule has 1 aromatic carbocycles. The van der Waals surface area contributed by atoms with Crippen molar-refractivity contribution in [3.05, 3.63) is 23.8 Å². The lowest BCUT2D eigenvalue weighted by molar-refractivity contribution is 0.0505. The smallest absolute Gasteiger partial charge is 0.338 e. The number of anilines is 2. The molecule has 1 aliphatic carbocycles. The number of nitrogens with two attached hydrogens (primary N) is 1. The zero-order valence-corrected chi connectivity index (χ0v) is 10.0. The Balaban J connectivity index is 2.03. The van der Waals surface area contributed by atoms with E-state index in [9.17, 15) is 4.79 Å². The van der Waals surface area contributed by atoms with Crippen LogP contribution in [0.3, 0.4) is 0 Å². The van der Waals surface area contributed by atoms with Gasteiger partial charge in [-0.05, 0) is 37.5 Å². The van der Waals surface area contributed by atoms with Crippen LogP contribution in [-0.4, -0.2) is 18.6 Å². The normalized spacial score (nSPS) is 14.4. The fourth-order valence-electron chi connectivity index (χ4n) is 1.55. The van der Waals surface area contributed by atoms with Crippen molar-refractivity contribution in [3.8, 4) is 0 Å². The third-order valence-electron chi connectivity index (χ3n) is 2.66. The zero-order chi connectivity index (χ0) is 12.3. The third kappa shape index (κ3) is 3.12. The van der Waals surface area contributed by atoms with E-state index in [2.05, 4.69) is 5.32 Å². The molecule has 4 heteroatoms. The Hall–Kier alpha value is -1.71. The fourth-order valence-corrected chi connectivity index (χ4v) is 1.55. The summed E-state index contributed by atoms with van der Waals surface area (Å²) >= 11 is 0. The van der Waals surface area contributed by atoms with Gasteiger partial charge in [-0.25, -0.2) is 4.79 Å². The molecule has 1 saturated carbocycles. The van der Waals surface area contributed by atoms with Crippen LogP contribution in [-0.2, 0) is 4.74 Å². The number of carbonyl (C=O) groups excluding carboxylic acids is 1. The molecule has 3 N–H and O–H groups in total. The first-order chi connectivity index (χ1) is 8.20. The lowest BCUT2D eigenvalue weighted by atomic mass is 10.1. The molecular formula is C13H18N2O2. The van der Waals surface area contributed by atoms with Crippen molar-refractivity contribution in [2.24, 2.45) is 0 Å². The molecular weight excluding hydrogens is 216 g/mol. The minimum absolute atomic E-state index is 0.309. The summed E-state index contributed by atoms with van der Waals surface area (Å²) in [4.78, 5) is 11.6. The van der Waals surface area contributed by atoms with Crippen LogP contribution in [0.2, 0.25) is 0 Å². The summed E-state index contributed by atoms with van der Waals surface area (Å²) in [6, 6.07) is 5.81. The standard InChI is InChI=1S/C13H18N2O2/c1-2-7-17-13(16)9-3-6-12(11(14)8-9)15-10-4-5-10/h3,6,8,10,15H,2,4-5,7,14H2,1H3. The van der Waals surface area contributed by atoms with Gasteiger partial charge in [0.05, 0.1) is 23.5 Å². The Morgan fingerprint density at radius 2 is 2.29 bits per heavy atom. The molecule has 92 valence electrons. The average Bonchev–Trinajstić information content (AvgIpc) is 3.12. The molecule has 0 spiro atoms. The highest BCUT2D eigenvalue weighted by atomic mass is 16.5. The minimum atomic E-state index is -0.309. The van der Waals surface area contributed by atoms with Gasteiger partial charge in [0.2, 0.25) is 0 Å². The molecule has 0 radical (unpaired) electrons. The zero-order valence-electron chi connectivity index (χ0n) is 10.0. The fraction of sp³-hybridized carbons (Fsp3) is 0.462. The maximum absolute atomic E-state index is 11.6. The van der Waals surface area contributed by atoms with Gasteiger partial charge in [-0.2, -0.15) is 0 Å². The van der Waals surface area contributed by atoms with Gasteiger partial charge >= 0.3 is 5.97 Å². The molecule has 0 unspecified atom stereocenters. The van der Waals surface area contributed by atoms with Crippen LogP contribution in [0, 0.1) is 0 Å². The Morgan fingerprint density at radius 1 is 1.53 bits per heavy atom. The van der Waals surface area contributed by atoms with Crippen LogP contribution < -0.4 is 11.1 Å². The molecule has 2 rings (SSSR count). The summed E-state index contributed by atoms with van der Waals surface area (Å²) in [7, 11) is 0. The second kappa shape index (κ2) is 5.08. The van der Waals surface area contributed by atoms with E-state index in [1.54, 1.807) is 12.1 Å². The maximum Gasteiger partial charge on any atom is 0.338 e. The predicted molar refractivity (Wildman–Crippen MR) is 68.1 cm³/mol. The van der Waals surface area contributed by atoms with Gasteiger partial charge in [-0.15, -0.1) is 0 Å². The predicted octanol–water partition coefficient (Wildman–Crippen LogP) is 2.41. The first-order valence-electron chi connectivity index (χ1n) is 6.04. The Kier molecular flexibility index (Phi) is 3.52. The summed E-state index contributed by atoms with van der Waals surface area (Å²) in [5, 5.41) is 3.32. The van der Waals surface area contributed by atoms with E-state index in [-0.39, 0.29) is 5.97 Å². The number of nitrogen functional groups attached to an aromatic ring is 1. The van der Waals surface area contributed by atoms with Crippen molar-refractivity contribution in [1.29, 1.82) is 0 Å². The molecule has 0 atom stereocenters. The number of nitrogens with one attached hydrogen (secondary N) is 1. The van der Waals surface area contributed by atoms with E-state index in [4.69, 9.17) is 10.5 Å². The topological polar surface area (TPSA) is 64.3 Å². The van der Waals surface area contributed by atoms with Crippen LogP contribution in [0.25, 0.3) is 0 Å². The number of hydrogen-bond acceptors (Lipinski definition) is 4. The monoisotopic (exact) mass is 234 g/mol. The van der Waals surface area contributed by atoms with Crippen molar-refractivity contribution in [3.63, 3.8) is 0 Å². The summed E-state index contributed by atoms with van der Waals surface area (Å²) in [5.41, 5.74) is 7.91. The minimum Gasteiger partial charge on any atom is -0.462 e. The molecule has 0 bridgehead atoms. The Labute approximate surface area is 101 Å². The second-order valence-corrected chi connectivity index (χ2v) is 4.36. The molecule has 0 aromatic heterocycles. The van der Waals surface area contributed by atoms with Crippen molar-refractivity contribution in [1.82, 2.24) is 0 Å². The SMILES string of the molecule is CCCOC(=O)c1ccc(NC2CC2)c(N)c1. The lowest BCUT2D eigenvalue weighted by Gasteiger charge is -2.09. The maximum atomic E-state index is 11.6. The first-order valence-corrected chi connectivity index (χ1v) is 6.04. The highest BCUT2D eigenvalue weighted by Crippen LogP contribution is 2.28. The van der Waals surface area contributed by atoms with E-state index < -0.39 is 0 Å². The number of carbonyl (C=O) groups is 1. The summed E-state index contributed by atoms with van der Waals surface area (Å²) in [5.74, 6) is -0.309. The molecule has 0 amide bonds. The van der Waals surface area contributed by atoms with Crippen LogP contribution >= 0.6 is 0 Å². The van der Waals surface area contributed by atoms with E-state index in [1.807, 2.05) is 13.0 Å². The van der Waals surface area contributed by atoms with Gasteiger partial charge in [0.25, 0.3) is 0 Å². The van der Waals surface area contributed by atoms with Crippen molar-refractivity contribution >= 4 is 17.3 Å². The summed E-state index contributed by atoms with van der Waals surface area (Å²) < 4.78 is 5.05. The molecule has 1 fully saturated rings. The second-order valence-electron chi connectivity index (χ2n) is 4.36. The van der Waals surface area contributed by atoms with Gasteiger partial charge in [-0.3, -0.25) is 0 Å². The molecule has 1 aliphatic rings. The van der Waals surface area contributed by atoms with Crippen molar-refractivity contribution in [2.75, 3.05) is 17.7 Å². The molecule has 0 saturated heterocycles. The molecule has 4 nitrogen and oxygen atoms in total. The summed E-state index contributed by atoms with van der Waals surface area (Å²) in [6.45, 7) is 2.41.